The summed E-state index contributed by atoms with van der Waals surface area (Å²) in [7, 11) is 0. The summed E-state index contributed by atoms with van der Waals surface area (Å²) in [6.07, 6.45) is 7.61. The number of nitrogens with one attached hydrogen (secondary N) is 1. The Hall–Kier alpha value is -1.36. The molecular weight excluding hydrogens is 244 g/mol. The number of nitrogens with zero attached hydrogens (tertiary/aromatic N) is 1. The molecule has 1 amide bonds. The lowest BCUT2D eigenvalue weighted by molar-refractivity contribution is -0.124. The maximum absolute atomic E-state index is 11.8. The molecule has 2 rings (SSSR count). The van der Waals surface area contributed by atoms with Crippen LogP contribution in [0.1, 0.15) is 44.6 Å². The number of aryl methyl sites for hydroxylation is 1. The Morgan fingerprint density at radius 3 is 3.00 bits per heavy atom. The summed E-state index contributed by atoms with van der Waals surface area (Å²) in [5.41, 5.74) is 0.817. The summed E-state index contributed by atoms with van der Waals surface area (Å²) in [6, 6.07) is 0. The number of rotatable bonds is 5. The van der Waals surface area contributed by atoms with Gasteiger partial charge in [0.1, 0.15) is 12.9 Å². The number of carbonyl (C=O) groups is 1. The van der Waals surface area contributed by atoms with Crippen LogP contribution in [-0.2, 0) is 9.53 Å². The maximum Gasteiger partial charge on any atom is 0.251 e. The van der Waals surface area contributed by atoms with Crippen molar-refractivity contribution in [2.45, 2.75) is 52.1 Å². The summed E-state index contributed by atoms with van der Waals surface area (Å²) < 4.78 is 10.5. The molecular formula is C14H22N2O3. The summed E-state index contributed by atoms with van der Waals surface area (Å²) >= 11 is 0. The molecule has 1 heterocycles. The first kappa shape index (κ1) is 14.1. The van der Waals surface area contributed by atoms with E-state index in [4.69, 9.17) is 9.26 Å². The van der Waals surface area contributed by atoms with E-state index >= 15 is 0 Å². The number of ether oxygens (including phenoxy) is 1. The Morgan fingerprint density at radius 1 is 1.53 bits per heavy atom. The monoisotopic (exact) mass is 266 g/mol. The molecule has 2 atom stereocenters. The van der Waals surface area contributed by atoms with Crippen LogP contribution in [0, 0.1) is 12.8 Å². The highest BCUT2D eigenvalue weighted by molar-refractivity contribution is 5.91. The van der Waals surface area contributed by atoms with Crippen LogP contribution in [0.2, 0.25) is 0 Å². The fourth-order valence-corrected chi connectivity index (χ4v) is 2.62. The van der Waals surface area contributed by atoms with Crippen LogP contribution >= 0.6 is 0 Å². The average molecular weight is 266 g/mol. The predicted molar refractivity (Wildman–Crippen MR) is 71.9 cm³/mol. The van der Waals surface area contributed by atoms with Crippen molar-refractivity contribution in [2.24, 2.45) is 5.92 Å². The second-order valence-electron chi connectivity index (χ2n) is 5.20. The third kappa shape index (κ3) is 3.80. The largest absolute Gasteiger partial charge is 0.368 e. The van der Waals surface area contributed by atoms with Gasteiger partial charge in [-0.1, -0.05) is 31.3 Å². The Balaban J connectivity index is 1.78. The zero-order valence-electron chi connectivity index (χ0n) is 11.6. The molecule has 1 N–H and O–H groups in total. The van der Waals surface area contributed by atoms with E-state index in [1.165, 1.54) is 25.5 Å². The minimum atomic E-state index is -0.169. The molecule has 5 nitrogen and oxygen atoms in total. The quantitative estimate of drug-likeness (QED) is 0.890. The molecule has 0 spiro atoms. The molecule has 0 aromatic carbocycles. The third-order valence-corrected chi connectivity index (χ3v) is 3.80. The van der Waals surface area contributed by atoms with Crippen molar-refractivity contribution in [3.05, 3.63) is 11.8 Å². The van der Waals surface area contributed by atoms with Gasteiger partial charge in [-0.3, -0.25) is 4.79 Å². The predicted octanol–water partition coefficient (Wildman–Crippen LogP) is 2.91. The van der Waals surface area contributed by atoms with Crippen LogP contribution in [0.4, 0.5) is 5.82 Å². The second-order valence-corrected chi connectivity index (χ2v) is 5.20. The minimum absolute atomic E-state index is 0.0907. The minimum Gasteiger partial charge on any atom is -0.368 e. The zero-order valence-corrected chi connectivity index (χ0v) is 11.6. The Labute approximate surface area is 113 Å². The van der Waals surface area contributed by atoms with Gasteiger partial charge in [0.05, 0.1) is 6.10 Å². The Bertz CT molecular complexity index is 417. The molecule has 1 aromatic heterocycles. The van der Waals surface area contributed by atoms with Gasteiger partial charge in [0, 0.05) is 5.56 Å². The van der Waals surface area contributed by atoms with Gasteiger partial charge in [-0.2, -0.15) is 0 Å². The Morgan fingerprint density at radius 2 is 2.32 bits per heavy atom. The zero-order chi connectivity index (χ0) is 13.7. The Kier molecular flexibility index (Phi) is 4.96. The summed E-state index contributed by atoms with van der Waals surface area (Å²) in [5, 5.41) is 6.41. The molecule has 1 saturated carbocycles. The normalized spacial score (nSPS) is 23.3. The highest BCUT2D eigenvalue weighted by Gasteiger charge is 2.25. The number of amides is 1. The molecule has 1 aliphatic rings. The molecule has 1 aliphatic carbocycles. The van der Waals surface area contributed by atoms with E-state index in [0.717, 1.165) is 18.4 Å². The fraction of sp³-hybridized carbons (Fsp3) is 0.714. The summed E-state index contributed by atoms with van der Waals surface area (Å²) in [5.74, 6) is 0.900. The van der Waals surface area contributed by atoms with Crippen LogP contribution in [0.3, 0.4) is 0 Å². The van der Waals surface area contributed by atoms with Gasteiger partial charge < -0.3 is 14.6 Å². The molecule has 2 unspecified atom stereocenters. The first-order valence-electron chi connectivity index (χ1n) is 7.03. The number of carbonyl (C=O) groups excluding carboxylic acids is 1. The molecule has 0 bridgehead atoms. The lowest BCUT2D eigenvalue weighted by atomic mass is 9.85. The van der Waals surface area contributed by atoms with Gasteiger partial charge >= 0.3 is 0 Å². The van der Waals surface area contributed by atoms with Crippen molar-refractivity contribution in [3.8, 4) is 0 Å². The molecule has 1 aromatic rings. The molecule has 106 valence electrons. The number of aromatic nitrogens is 1. The van der Waals surface area contributed by atoms with Crippen molar-refractivity contribution in [1.82, 2.24) is 5.16 Å². The topological polar surface area (TPSA) is 64.4 Å². The number of anilines is 1. The van der Waals surface area contributed by atoms with Crippen LogP contribution in [0.15, 0.2) is 10.8 Å². The molecule has 19 heavy (non-hydrogen) atoms. The van der Waals surface area contributed by atoms with Crippen molar-refractivity contribution in [3.63, 3.8) is 0 Å². The van der Waals surface area contributed by atoms with Crippen LogP contribution in [0.5, 0.6) is 0 Å². The lowest BCUT2D eigenvalue weighted by Gasteiger charge is -2.30. The SMILES string of the molecule is CCC1CCCCC1OCC(=O)Nc1nocc1C. The van der Waals surface area contributed by atoms with E-state index in [2.05, 4.69) is 17.4 Å². The second kappa shape index (κ2) is 6.70. The van der Waals surface area contributed by atoms with Crippen molar-refractivity contribution < 1.29 is 14.1 Å². The molecule has 0 radical (unpaired) electrons. The van der Waals surface area contributed by atoms with Gasteiger partial charge in [0.15, 0.2) is 5.82 Å². The molecule has 0 aliphatic heterocycles. The highest BCUT2D eigenvalue weighted by Crippen LogP contribution is 2.29. The number of hydrogen-bond acceptors (Lipinski definition) is 4. The van der Waals surface area contributed by atoms with Crippen molar-refractivity contribution in [2.75, 3.05) is 11.9 Å². The van der Waals surface area contributed by atoms with Crippen molar-refractivity contribution >= 4 is 11.7 Å². The molecule has 5 heteroatoms. The van der Waals surface area contributed by atoms with Crippen molar-refractivity contribution in [1.29, 1.82) is 0 Å². The average Bonchev–Trinajstić information content (AvgIpc) is 2.82. The lowest BCUT2D eigenvalue weighted by Crippen LogP contribution is -2.31. The van der Waals surface area contributed by atoms with Crippen LogP contribution in [-0.4, -0.2) is 23.8 Å². The van der Waals surface area contributed by atoms with E-state index in [1.54, 1.807) is 0 Å². The van der Waals surface area contributed by atoms with E-state index < -0.39 is 0 Å². The van der Waals surface area contributed by atoms with Gasteiger partial charge in [-0.25, -0.2) is 0 Å². The van der Waals surface area contributed by atoms with Gasteiger partial charge in [-0.05, 0) is 25.7 Å². The molecule has 1 fully saturated rings. The summed E-state index contributed by atoms with van der Waals surface area (Å²) in [4.78, 5) is 11.8. The van der Waals surface area contributed by atoms with E-state index in [-0.39, 0.29) is 18.6 Å². The van der Waals surface area contributed by atoms with E-state index in [1.807, 2.05) is 6.92 Å². The summed E-state index contributed by atoms with van der Waals surface area (Å²) in [6.45, 7) is 4.11. The smallest absolute Gasteiger partial charge is 0.251 e. The first-order chi connectivity index (χ1) is 9.20. The van der Waals surface area contributed by atoms with Gasteiger partial charge in [0.25, 0.3) is 5.91 Å². The van der Waals surface area contributed by atoms with Gasteiger partial charge in [-0.15, -0.1) is 0 Å². The van der Waals surface area contributed by atoms with Crippen LogP contribution < -0.4 is 5.32 Å². The third-order valence-electron chi connectivity index (χ3n) is 3.80. The highest BCUT2D eigenvalue weighted by atomic mass is 16.5. The first-order valence-corrected chi connectivity index (χ1v) is 7.03. The molecule has 0 saturated heterocycles. The standard InChI is InChI=1S/C14H22N2O3/c1-3-11-6-4-5-7-12(11)18-9-13(17)15-14-10(2)8-19-16-14/h8,11-12H,3-7,9H2,1-2H3,(H,15,16,17). The van der Waals surface area contributed by atoms with E-state index in [0.29, 0.717) is 11.7 Å². The van der Waals surface area contributed by atoms with Gasteiger partial charge in [0.2, 0.25) is 0 Å². The number of hydrogen-bond donors (Lipinski definition) is 1. The van der Waals surface area contributed by atoms with Crippen LogP contribution in [0.25, 0.3) is 0 Å². The maximum atomic E-state index is 11.8. The fourth-order valence-electron chi connectivity index (χ4n) is 2.62. The van der Waals surface area contributed by atoms with E-state index in [9.17, 15) is 4.79 Å².